The second-order valence-corrected chi connectivity index (χ2v) is 10.8. The van der Waals surface area contributed by atoms with Crippen LogP contribution in [-0.2, 0) is 23.0 Å². The molecule has 8 nitrogen and oxygen atoms in total. The fourth-order valence-electron chi connectivity index (χ4n) is 3.62. The van der Waals surface area contributed by atoms with Crippen LogP contribution in [0.25, 0.3) is 0 Å². The van der Waals surface area contributed by atoms with E-state index in [4.69, 9.17) is 4.42 Å². The highest BCUT2D eigenvalue weighted by Crippen LogP contribution is 2.19. The first-order valence-electron chi connectivity index (χ1n) is 11.6. The van der Waals surface area contributed by atoms with Crippen molar-refractivity contribution in [2.45, 2.75) is 37.6 Å². The Bertz CT molecular complexity index is 1410. The number of amides is 1. The molecule has 0 spiro atoms. The fourth-order valence-corrected chi connectivity index (χ4v) is 4.78. The molecule has 0 bridgehead atoms. The lowest BCUT2D eigenvalue weighted by Gasteiger charge is -2.17. The smallest absolute Gasteiger partial charge is 0.322 e. The molecule has 0 saturated carbocycles. The zero-order valence-electron chi connectivity index (χ0n) is 20.4. The summed E-state index contributed by atoms with van der Waals surface area (Å²) in [4.78, 5) is 12.7. The second-order valence-electron chi connectivity index (χ2n) is 8.80. The van der Waals surface area contributed by atoms with Gasteiger partial charge in [-0.3, -0.25) is 10.1 Å². The number of rotatable bonds is 9. The summed E-state index contributed by atoms with van der Waals surface area (Å²) in [6.45, 7) is 4.52. The van der Waals surface area contributed by atoms with Crippen molar-refractivity contribution in [3.63, 3.8) is 0 Å². The first-order chi connectivity index (χ1) is 17.2. The van der Waals surface area contributed by atoms with Crippen molar-refractivity contribution in [1.29, 1.82) is 0 Å². The monoisotopic (exact) mass is 504 g/mol. The lowest BCUT2D eigenvalue weighted by molar-refractivity contribution is 0.102. The number of nitrogens with zero attached hydrogens (tertiary/aromatic N) is 3. The highest BCUT2D eigenvalue weighted by atomic mass is 32.2. The molecular formula is C27H28N4O4S. The predicted octanol–water partition coefficient (Wildman–Crippen LogP) is 4.86. The van der Waals surface area contributed by atoms with Crippen LogP contribution in [0.2, 0.25) is 0 Å². The van der Waals surface area contributed by atoms with Crippen LogP contribution >= 0.6 is 0 Å². The zero-order valence-corrected chi connectivity index (χ0v) is 21.2. The Balaban J connectivity index is 1.37. The van der Waals surface area contributed by atoms with Gasteiger partial charge in [-0.2, -0.15) is 4.31 Å². The summed E-state index contributed by atoms with van der Waals surface area (Å²) >= 11 is 0. The van der Waals surface area contributed by atoms with E-state index in [-0.39, 0.29) is 23.0 Å². The Hall–Kier alpha value is -3.82. The molecule has 1 heterocycles. The molecule has 3 aromatic carbocycles. The van der Waals surface area contributed by atoms with Crippen molar-refractivity contribution in [2.24, 2.45) is 0 Å². The minimum absolute atomic E-state index is 0.0203. The van der Waals surface area contributed by atoms with E-state index in [9.17, 15) is 13.2 Å². The van der Waals surface area contributed by atoms with Crippen LogP contribution in [0.15, 0.2) is 88.2 Å². The van der Waals surface area contributed by atoms with Crippen LogP contribution in [0, 0.1) is 0 Å². The molecule has 0 aliphatic rings. The number of hydrogen-bond donors (Lipinski definition) is 1. The van der Waals surface area contributed by atoms with Gasteiger partial charge in [-0.15, -0.1) is 5.10 Å². The maximum Gasteiger partial charge on any atom is 0.322 e. The Kier molecular flexibility index (Phi) is 7.61. The quantitative estimate of drug-likeness (QED) is 0.349. The fraction of sp³-hybridized carbons (Fsp3) is 0.222. The Morgan fingerprint density at radius 2 is 1.58 bits per heavy atom. The summed E-state index contributed by atoms with van der Waals surface area (Å²) in [5.41, 5.74) is 3.42. The van der Waals surface area contributed by atoms with Crippen LogP contribution in [-0.4, -0.2) is 35.9 Å². The molecule has 0 saturated heterocycles. The summed E-state index contributed by atoms with van der Waals surface area (Å²) in [5.74, 6) is 0.354. The standard InChI is InChI=1S/C27H28N4O4S/c1-19(2)22-11-9-20(10-12-22)17-25-29-30-27(35-25)28-26(32)23-13-15-24(16-14-23)36(33,34)31(3)18-21-7-5-4-6-8-21/h4-16,19H,17-18H2,1-3H3,(H,28,30,32). The number of nitrogens with one attached hydrogen (secondary N) is 1. The first-order valence-corrected chi connectivity index (χ1v) is 13.0. The van der Waals surface area contributed by atoms with Gasteiger partial charge in [-0.25, -0.2) is 8.42 Å². The van der Waals surface area contributed by atoms with Gasteiger partial charge in [0.05, 0.1) is 11.3 Å². The topological polar surface area (TPSA) is 105 Å². The van der Waals surface area contributed by atoms with E-state index in [1.807, 2.05) is 42.5 Å². The highest BCUT2D eigenvalue weighted by Gasteiger charge is 2.21. The molecular weight excluding hydrogens is 476 g/mol. The van der Waals surface area contributed by atoms with Crippen LogP contribution in [0.3, 0.4) is 0 Å². The number of sulfonamides is 1. The largest absolute Gasteiger partial charge is 0.407 e. The van der Waals surface area contributed by atoms with E-state index in [2.05, 4.69) is 41.5 Å². The van der Waals surface area contributed by atoms with Gasteiger partial charge >= 0.3 is 6.01 Å². The van der Waals surface area contributed by atoms with Crippen LogP contribution in [0.4, 0.5) is 6.01 Å². The van der Waals surface area contributed by atoms with Crippen molar-refractivity contribution >= 4 is 21.9 Å². The zero-order chi connectivity index (χ0) is 25.7. The molecule has 0 radical (unpaired) electrons. The van der Waals surface area contributed by atoms with Crippen molar-refractivity contribution in [1.82, 2.24) is 14.5 Å². The minimum atomic E-state index is -3.71. The van der Waals surface area contributed by atoms with Crippen LogP contribution in [0.1, 0.15) is 52.7 Å². The van der Waals surface area contributed by atoms with Crippen molar-refractivity contribution < 1.29 is 17.6 Å². The van der Waals surface area contributed by atoms with Crippen LogP contribution in [0.5, 0.6) is 0 Å². The number of carbonyl (C=O) groups excluding carboxylic acids is 1. The summed E-state index contributed by atoms with van der Waals surface area (Å²) in [6.07, 6.45) is 0.449. The number of benzene rings is 3. The third kappa shape index (κ3) is 6.05. The first kappa shape index (κ1) is 25.3. The Labute approximate surface area is 211 Å². The van der Waals surface area contributed by atoms with E-state index < -0.39 is 15.9 Å². The third-order valence-electron chi connectivity index (χ3n) is 5.76. The van der Waals surface area contributed by atoms with Crippen molar-refractivity contribution in [3.8, 4) is 0 Å². The van der Waals surface area contributed by atoms with Gasteiger partial charge in [0, 0.05) is 19.2 Å². The molecule has 0 unspecified atom stereocenters. The summed E-state index contributed by atoms with van der Waals surface area (Å²) in [6, 6.07) is 23.2. The van der Waals surface area contributed by atoms with E-state index in [1.54, 1.807) is 0 Å². The van der Waals surface area contributed by atoms with Gasteiger partial charge < -0.3 is 4.42 Å². The van der Waals surface area contributed by atoms with Gasteiger partial charge in [-0.05, 0) is 46.9 Å². The predicted molar refractivity (Wildman–Crippen MR) is 137 cm³/mol. The Morgan fingerprint density at radius 3 is 2.22 bits per heavy atom. The van der Waals surface area contributed by atoms with E-state index in [0.717, 1.165) is 11.1 Å². The molecule has 1 amide bonds. The average molecular weight is 505 g/mol. The van der Waals surface area contributed by atoms with Gasteiger partial charge in [-0.1, -0.05) is 73.5 Å². The molecule has 186 valence electrons. The van der Waals surface area contributed by atoms with E-state index in [1.165, 1.54) is 41.2 Å². The highest BCUT2D eigenvalue weighted by molar-refractivity contribution is 7.89. The van der Waals surface area contributed by atoms with Gasteiger partial charge in [0.15, 0.2) is 0 Å². The average Bonchev–Trinajstić information content (AvgIpc) is 3.31. The molecule has 1 aromatic heterocycles. The third-order valence-corrected chi connectivity index (χ3v) is 7.58. The molecule has 9 heteroatoms. The lowest BCUT2D eigenvalue weighted by Crippen LogP contribution is -2.26. The molecule has 4 aromatic rings. The molecule has 0 aliphatic heterocycles. The van der Waals surface area contributed by atoms with E-state index >= 15 is 0 Å². The molecule has 0 aliphatic carbocycles. The van der Waals surface area contributed by atoms with E-state index in [0.29, 0.717) is 18.2 Å². The summed E-state index contributed by atoms with van der Waals surface area (Å²) in [5, 5.41) is 10.5. The number of aromatic nitrogens is 2. The van der Waals surface area contributed by atoms with Crippen molar-refractivity contribution in [2.75, 3.05) is 12.4 Å². The molecule has 1 N–H and O–H groups in total. The van der Waals surface area contributed by atoms with Crippen LogP contribution < -0.4 is 5.32 Å². The van der Waals surface area contributed by atoms with Gasteiger partial charge in [0.25, 0.3) is 5.91 Å². The second kappa shape index (κ2) is 10.8. The number of anilines is 1. The maximum atomic E-state index is 12.9. The lowest BCUT2D eigenvalue weighted by atomic mass is 10.0. The molecule has 0 atom stereocenters. The maximum absolute atomic E-state index is 12.9. The van der Waals surface area contributed by atoms with Gasteiger partial charge in [0.1, 0.15) is 0 Å². The normalized spacial score (nSPS) is 11.7. The van der Waals surface area contributed by atoms with Crippen molar-refractivity contribution in [3.05, 3.63) is 107 Å². The SMILES string of the molecule is CC(C)c1ccc(Cc2nnc(NC(=O)c3ccc(S(=O)(=O)N(C)Cc4ccccc4)cc3)o2)cc1. The Morgan fingerprint density at radius 1 is 0.917 bits per heavy atom. The molecule has 0 fully saturated rings. The number of hydrogen-bond acceptors (Lipinski definition) is 6. The minimum Gasteiger partial charge on any atom is -0.407 e. The van der Waals surface area contributed by atoms with Gasteiger partial charge in [0.2, 0.25) is 15.9 Å². The molecule has 36 heavy (non-hydrogen) atoms. The number of carbonyl (C=O) groups is 1. The summed E-state index contributed by atoms with van der Waals surface area (Å²) < 4.78 is 32.6. The summed E-state index contributed by atoms with van der Waals surface area (Å²) in [7, 11) is -2.19. The molecule has 4 rings (SSSR count).